The van der Waals surface area contributed by atoms with E-state index in [0.717, 1.165) is 31.6 Å². The van der Waals surface area contributed by atoms with Crippen molar-refractivity contribution < 1.29 is 19.4 Å². The van der Waals surface area contributed by atoms with Crippen LogP contribution in [0.4, 0.5) is 0 Å². The van der Waals surface area contributed by atoms with Gasteiger partial charge in [-0.15, -0.1) is 0 Å². The first kappa shape index (κ1) is 26.9. The Labute approximate surface area is 224 Å². The third-order valence-corrected chi connectivity index (χ3v) is 6.72. The third-order valence-electron chi connectivity index (χ3n) is 6.72. The molecule has 0 aromatic heterocycles. The molecular formula is C32H34N2O4. The number of aliphatic hydroxyl groups is 1. The van der Waals surface area contributed by atoms with Crippen molar-refractivity contribution in [2.45, 2.75) is 26.3 Å². The molecule has 1 aliphatic rings. The normalized spacial score (nSPS) is 15.6. The third kappa shape index (κ3) is 6.39. The minimum absolute atomic E-state index is 0.0851. The van der Waals surface area contributed by atoms with Gasteiger partial charge in [-0.05, 0) is 67.5 Å². The second-order valence-electron chi connectivity index (χ2n) is 9.14. The number of aliphatic hydroxyl groups excluding tert-OH is 1. The zero-order valence-corrected chi connectivity index (χ0v) is 21.9. The smallest absolute Gasteiger partial charge is 0.290 e. The Morgan fingerprint density at radius 3 is 2.29 bits per heavy atom. The fraction of sp³-hybridized carbons (Fsp3) is 0.250. The molecule has 0 saturated heterocycles. The summed E-state index contributed by atoms with van der Waals surface area (Å²) in [5.74, 6) is -0.147. The van der Waals surface area contributed by atoms with Gasteiger partial charge < -0.3 is 19.6 Å². The summed E-state index contributed by atoms with van der Waals surface area (Å²) in [7, 11) is 0. The molecule has 3 aromatic carbocycles. The SMILES string of the molecule is CCN(CC)CCCN1C(=O)C(O)=C(C(=O)C=Cc2ccccc2)C1c1cccc(Oc2ccccc2)c1. The number of ketones is 1. The highest BCUT2D eigenvalue weighted by atomic mass is 16.5. The van der Waals surface area contributed by atoms with E-state index in [4.69, 9.17) is 4.74 Å². The number of rotatable bonds is 12. The van der Waals surface area contributed by atoms with E-state index in [9.17, 15) is 14.7 Å². The van der Waals surface area contributed by atoms with Crippen LogP contribution in [0.15, 0.2) is 102 Å². The minimum Gasteiger partial charge on any atom is -0.503 e. The van der Waals surface area contributed by atoms with Crippen molar-refractivity contribution in [2.24, 2.45) is 0 Å². The molecule has 196 valence electrons. The summed E-state index contributed by atoms with van der Waals surface area (Å²) in [6, 6.07) is 25.5. The van der Waals surface area contributed by atoms with Crippen molar-refractivity contribution in [1.29, 1.82) is 0 Å². The van der Waals surface area contributed by atoms with Crippen LogP contribution in [0.5, 0.6) is 11.5 Å². The molecule has 4 rings (SSSR count). The van der Waals surface area contributed by atoms with Crippen LogP contribution in [0.2, 0.25) is 0 Å². The Bertz CT molecular complexity index is 1300. The molecule has 0 fully saturated rings. The van der Waals surface area contributed by atoms with E-state index < -0.39 is 23.5 Å². The number of hydrogen-bond donors (Lipinski definition) is 1. The molecule has 1 unspecified atom stereocenters. The topological polar surface area (TPSA) is 70.1 Å². The Balaban J connectivity index is 1.65. The van der Waals surface area contributed by atoms with Gasteiger partial charge in [-0.25, -0.2) is 0 Å². The van der Waals surface area contributed by atoms with E-state index in [1.165, 1.54) is 6.08 Å². The van der Waals surface area contributed by atoms with Crippen LogP contribution in [0.1, 0.15) is 37.4 Å². The van der Waals surface area contributed by atoms with Crippen molar-refractivity contribution in [3.8, 4) is 11.5 Å². The van der Waals surface area contributed by atoms with Crippen molar-refractivity contribution >= 4 is 17.8 Å². The Morgan fingerprint density at radius 2 is 1.61 bits per heavy atom. The number of carbonyl (C=O) groups excluding carboxylic acids is 2. The number of nitrogens with zero attached hydrogens (tertiary/aromatic N) is 2. The number of hydrogen-bond acceptors (Lipinski definition) is 5. The lowest BCUT2D eigenvalue weighted by molar-refractivity contribution is -0.129. The molecule has 0 aliphatic carbocycles. The molecule has 0 spiro atoms. The van der Waals surface area contributed by atoms with Crippen LogP contribution < -0.4 is 4.74 Å². The van der Waals surface area contributed by atoms with Gasteiger partial charge in [0.1, 0.15) is 11.5 Å². The van der Waals surface area contributed by atoms with Gasteiger partial charge >= 0.3 is 0 Å². The molecule has 6 heteroatoms. The van der Waals surface area contributed by atoms with Crippen LogP contribution >= 0.6 is 0 Å². The first-order valence-electron chi connectivity index (χ1n) is 13.1. The molecule has 1 heterocycles. The molecule has 0 saturated carbocycles. The Hall–Kier alpha value is -4.16. The maximum Gasteiger partial charge on any atom is 0.290 e. The summed E-state index contributed by atoms with van der Waals surface area (Å²) in [5.41, 5.74) is 1.65. The first-order chi connectivity index (χ1) is 18.5. The summed E-state index contributed by atoms with van der Waals surface area (Å²) >= 11 is 0. The van der Waals surface area contributed by atoms with Crippen LogP contribution in [0.3, 0.4) is 0 Å². The molecule has 1 aliphatic heterocycles. The summed E-state index contributed by atoms with van der Waals surface area (Å²) in [5, 5.41) is 10.9. The second kappa shape index (κ2) is 12.9. The van der Waals surface area contributed by atoms with Crippen LogP contribution in [0.25, 0.3) is 6.08 Å². The summed E-state index contributed by atoms with van der Waals surface area (Å²) in [6.45, 7) is 7.28. The van der Waals surface area contributed by atoms with Gasteiger partial charge in [0.25, 0.3) is 5.91 Å². The number of benzene rings is 3. The second-order valence-corrected chi connectivity index (χ2v) is 9.14. The largest absolute Gasteiger partial charge is 0.503 e. The fourth-order valence-corrected chi connectivity index (χ4v) is 4.69. The van der Waals surface area contributed by atoms with Gasteiger partial charge in [0.05, 0.1) is 11.6 Å². The molecule has 6 nitrogen and oxygen atoms in total. The highest BCUT2D eigenvalue weighted by Crippen LogP contribution is 2.39. The van der Waals surface area contributed by atoms with E-state index in [1.54, 1.807) is 11.0 Å². The molecule has 1 atom stereocenters. The number of allylic oxidation sites excluding steroid dienone is 1. The molecular weight excluding hydrogens is 476 g/mol. The quantitative estimate of drug-likeness (QED) is 0.294. The summed E-state index contributed by atoms with van der Waals surface area (Å²) in [6.07, 6.45) is 3.84. The average Bonchev–Trinajstić information content (AvgIpc) is 3.20. The van der Waals surface area contributed by atoms with Gasteiger partial charge in [-0.1, -0.05) is 80.6 Å². The van der Waals surface area contributed by atoms with Crippen molar-refractivity contribution in [1.82, 2.24) is 9.80 Å². The van der Waals surface area contributed by atoms with Gasteiger partial charge in [0, 0.05) is 6.54 Å². The van der Waals surface area contributed by atoms with Crippen LogP contribution in [0, 0.1) is 0 Å². The van der Waals surface area contributed by atoms with Gasteiger partial charge in [0.15, 0.2) is 11.5 Å². The number of ether oxygens (including phenoxy) is 1. The lowest BCUT2D eigenvalue weighted by atomic mass is 9.95. The Morgan fingerprint density at radius 1 is 0.947 bits per heavy atom. The van der Waals surface area contributed by atoms with Crippen LogP contribution in [-0.2, 0) is 9.59 Å². The van der Waals surface area contributed by atoms with Gasteiger partial charge in [-0.2, -0.15) is 0 Å². The molecule has 1 amide bonds. The monoisotopic (exact) mass is 510 g/mol. The highest BCUT2D eigenvalue weighted by Gasteiger charge is 2.42. The number of para-hydroxylation sites is 1. The zero-order chi connectivity index (χ0) is 26.9. The van der Waals surface area contributed by atoms with Crippen molar-refractivity contribution in [3.63, 3.8) is 0 Å². The standard InChI is InChI=1S/C32H34N2O4/c1-3-33(4-2)21-12-22-34-30(25-15-11-18-27(23-25)38-26-16-9-6-10-17-26)29(31(36)32(34)37)28(35)20-19-24-13-7-5-8-14-24/h5-11,13-20,23,30,36H,3-4,12,21-22H2,1-2H3. The van der Waals surface area contributed by atoms with E-state index in [0.29, 0.717) is 23.6 Å². The van der Waals surface area contributed by atoms with E-state index >= 15 is 0 Å². The summed E-state index contributed by atoms with van der Waals surface area (Å²) < 4.78 is 6.02. The minimum atomic E-state index is -0.716. The lowest BCUT2D eigenvalue weighted by Gasteiger charge is -2.28. The maximum atomic E-state index is 13.4. The van der Waals surface area contributed by atoms with Crippen LogP contribution in [-0.4, -0.2) is 52.8 Å². The average molecular weight is 511 g/mol. The van der Waals surface area contributed by atoms with Gasteiger partial charge in [0.2, 0.25) is 0 Å². The Kier molecular flexibility index (Phi) is 9.11. The lowest BCUT2D eigenvalue weighted by Crippen LogP contribution is -2.34. The molecule has 1 N–H and O–H groups in total. The first-order valence-corrected chi connectivity index (χ1v) is 13.1. The van der Waals surface area contributed by atoms with E-state index in [2.05, 4.69) is 18.7 Å². The van der Waals surface area contributed by atoms with E-state index in [1.807, 2.05) is 84.9 Å². The molecule has 0 bridgehead atoms. The molecule has 3 aromatic rings. The number of amides is 1. The van der Waals surface area contributed by atoms with E-state index in [-0.39, 0.29) is 5.57 Å². The fourth-order valence-electron chi connectivity index (χ4n) is 4.69. The predicted molar refractivity (Wildman–Crippen MR) is 150 cm³/mol. The van der Waals surface area contributed by atoms with Crippen molar-refractivity contribution in [3.05, 3.63) is 113 Å². The van der Waals surface area contributed by atoms with Gasteiger partial charge in [-0.3, -0.25) is 9.59 Å². The predicted octanol–water partition coefficient (Wildman–Crippen LogP) is 6.19. The summed E-state index contributed by atoms with van der Waals surface area (Å²) in [4.78, 5) is 30.6. The highest BCUT2D eigenvalue weighted by molar-refractivity contribution is 6.14. The number of carbonyl (C=O) groups is 2. The molecule has 0 radical (unpaired) electrons. The maximum absolute atomic E-state index is 13.4. The van der Waals surface area contributed by atoms with Crippen molar-refractivity contribution in [2.75, 3.05) is 26.2 Å². The molecule has 38 heavy (non-hydrogen) atoms. The zero-order valence-electron chi connectivity index (χ0n) is 21.9.